The second kappa shape index (κ2) is 8.00. The molecule has 0 radical (unpaired) electrons. The van der Waals surface area contributed by atoms with Crippen molar-refractivity contribution in [1.82, 2.24) is 9.78 Å². The van der Waals surface area contributed by atoms with Crippen LogP contribution >= 0.6 is 0 Å². The fourth-order valence-electron chi connectivity index (χ4n) is 3.51. The first-order chi connectivity index (χ1) is 14.0. The highest BCUT2D eigenvalue weighted by Crippen LogP contribution is 2.39. The van der Waals surface area contributed by atoms with Crippen LogP contribution in [-0.2, 0) is 16.1 Å². The fraction of sp³-hybridized carbons (Fsp3) is 0.450. The van der Waals surface area contributed by atoms with E-state index in [1.807, 2.05) is 6.92 Å². The van der Waals surface area contributed by atoms with Crippen molar-refractivity contribution < 1.29 is 27.5 Å². The number of nitrogens with zero attached hydrogens (tertiary/aromatic N) is 4. The standard InChI is InChI=1S/C20H23F3N4O3/c1-12(2)30-19(29)26-9-13(3)27(14(4)28)17-6-5-15(7-18(17)26)16-8-24-25(10-16)11-20(21,22)23/h5-8,10,12-13H,9,11H2,1-4H3. The smallest absolute Gasteiger partial charge is 0.414 e. The number of carbonyl (C=O) groups excluding carboxylic acids is 2. The Bertz CT molecular complexity index is 955. The molecule has 0 N–H and O–H groups in total. The zero-order chi connectivity index (χ0) is 22.2. The molecule has 0 fully saturated rings. The zero-order valence-electron chi connectivity index (χ0n) is 17.1. The van der Waals surface area contributed by atoms with Crippen LogP contribution in [0.25, 0.3) is 11.1 Å². The largest absolute Gasteiger partial charge is 0.446 e. The highest BCUT2D eigenvalue weighted by atomic mass is 19.4. The van der Waals surface area contributed by atoms with Crippen molar-refractivity contribution in [2.24, 2.45) is 0 Å². The maximum atomic E-state index is 12.7. The molecule has 0 spiro atoms. The normalized spacial score (nSPS) is 16.6. The lowest BCUT2D eigenvalue weighted by molar-refractivity contribution is -0.142. The molecule has 1 aromatic carbocycles. The highest BCUT2D eigenvalue weighted by Gasteiger charge is 2.35. The van der Waals surface area contributed by atoms with E-state index >= 15 is 0 Å². The van der Waals surface area contributed by atoms with Crippen LogP contribution in [0.5, 0.6) is 0 Å². The summed E-state index contributed by atoms with van der Waals surface area (Å²) in [6.45, 7) is 5.78. The molecule has 2 aromatic rings. The molecule has 1 unspecified atom stereocenters. The van der Waals surface area contributed by atoms with Gasteiger partial charge >= 0.3 is 12.3 Å². The number of rotatable bonds is 3. The number of carbonyl (C=O) groups is 2. The molecule has 0 saturated heterocycles. The Kier molecular flexibility index (Phi) is 5.78. The Labute approximate surface area is 172 Å². The minimum Gasteiger partial charge on any atom is -0.446 e. The summed E-state index contributed by atoms with van der Waals surface area (Å²) in [5, 5.41) is 3.77. The van der Waals surface area contributed by atoms with Crippen molar-refractivity contribution >= 4 is 23.4 Å². The van der Waals surface area contributed by atoms with E-state index in [4.69, 9.17) is 4.74 Å². The van der Waals surface area contributed by atoms with Crippen LogP contribution in [0.15, 0.2) is 30.6 Å². The van der Waals surface area contributed by atoms with Crippen molar-refractivity contribution in [2.75, 3.05) is 16.3 Å². The Morgan fingerprint density at radius 3 is 2.53 bits per heavy atom. The van der Waals surface area contributed by atoms with Gasteiger partial charge in [-0.05, 0) is 38.5 Å². The second-order valence-corrected chi connectivity index (χ2v) is 7.53. The molecule has 10 heteroatoms. The third-order valence-electron chi connectivity index (χ3n) is 4.62. The van der Waals surface area contributed by atoms with Gasteiger partial charge in [-0.25, -0.2) is 4.79 Å². The number of ether oxygens (including phenoxy) is 1. The number of hydrogen-bond acceptors (Lipinski definition) is 4. The van der Waals surface area contributed by atoms with E-state index in [9.17, 15) is 22.8 Å². The van der Waals surface area contributed by atoms with Gasteiger partial charge < -0.3 is 9.64 Å². The highest BCUT2D eigenvalue weighted by molar-refractivity contribution is 6.03. The molecule has 30 heavy (non-hydrogen) atoms. The van der Waals surface area contributed by atoms with E-state index in [-0.39, 0.29) is 24.6 Å². The average Bonchev–Trinajstić information content (AvgIpc) is 3.06. The first kappa shape index (κ1) is 21.7. The molecule has 1 aliphatic rings. The summed E-state index contributed by atoms with van der Waals surface area (Å²) >= 11 is 0. The zero-order valence-corrected chi connectivity index (χ0v) is 17.1. The van der Waals surface area contributed by atoms with E-state index in [1.165, 1.54) is 24.2 Å². The first-order valence-electron chi connectivity index (χ1n) is 9.48. The van der Waals surface area contributed by atoms with Gasteiger partial charge in [-0.15, -0.1) is 0 Å². The lowest BCUT2D eigenvalue weighted by atomic mass is 10.0. The Morgan fingerprint density at radius 1 is 1.23 bits per heavy atom. The molecule has 1 aliphatic heterocycles. The fourth-order valence-corrected chi connectivity index (χ4v) is 3.51. The van der Waals surface area contributed by atoms with Crippen LogP contribution in [-0.4, -0.2) is 46.6 Å². The number of halogens is 3. The van der Waals surface area contributed by atoms with E-state index in [0.717, 1.165) is 4.68 Å². The van der Waals surface area contributed by atoms with Crippen molar-refractivity contribution in [3.8, 4) is 11.1 Å². The Balaban J connectivity index is 2.02. The van der Waals surface area contributed by atoms with Crippen molar-refractivity contribution in [2.45, 2.75) is 52.6 Å². The van der Waals surface area contributed by atoms with Gasteiger partial charge in [0.15, 0.2) is 0 Å². The van der Waals surface area contributed by atoms with Crippen molar-refractivity contribution in [1.29, 1.82) is 0 Å². The minimum absolute atomic E-state index is 0.175. The maximum Gasteiger partial charge on any atom is 0.414 e. The van der Waals surface area contributed by atoms with Gasteiger partial charge in [0.25, 0.3) is 0 Å². The van der Waals surface area contributed by atoms with E-state index < -0.39 is 18.8 Å². The molecular weight excluding hydrogens is 401 g/mol. The molecule has 162 valence electrons. The molecule has 2 heterocycles. The molecule has 2 amide bonds. The molecule has 3 rings (SSSR count). The van der Waals surface area contributed by atoms with Crippen LogP contribution in [0.4, 0.5) is 29.3 Å². The minimum atomic E-state index is -4.38. The number of fused-ring (bicyclic) bond motifs is 1. The molecule has 0 bridgehead atoms. The lowest BCUT2D eigenvalue weighted by Gasteiger charge is -2.40. The topological polar surface area (TPSA) is 67.7 Å². The summed E-state index contributed by atoms with van der Waals surface area (Å²) in [5.41, 5.74) is 2.03. The van der Waals surface area contributed by atoms with Crippen LogP contribution in [0.1, 0.15) is 27.7 Å². The third kappa shape index (κ3) is 4.58. The molecule has 1 aromatic heterocycles. The van der Waals surface area contributed by atoms with Gasteiger partial charge in [-0.1, -0.05) is 6.07 Å². The monoisotopic (exact) mass is 424 g/mol. The van der Waals surface area contributed by atoms with Gasteiger partial charge in [0.1, 0.15) is 6.54 Å². The number of amides is 2. The van der Waals surface area contributed by atoms with E-state index in [2.05, 4.69) is 5.10 Å². The summed E-state index contributed by atoms with van der Waals surface area (Å²) < 4.78 is 44.0. The van der Waals surface area contributed by atoms with Crippen molar-refractivity contribution in [3.05, 3.63) is 30.6 Å². The molecule has 1 atom stereocenters. The summed E-state index contributed by atoms with van der Waals surface area (Å²) in [6.07, 6.45) is -2.63. The molecule has 7 nitrogen and oxygen atoms in total. The maximum absolute atomic E-state index is 12.7. The van der Waals surface area contributed by atoms with Gasteiger partial charge in [-0.2, -0.15) is 18.3 Å². The summed E-state index contributed by atoms with van der Waals surface area (Å²) in [6, 6.07) is 4.76. The second-order valence-electron chi connectivity index (χ2n) is 7.53. The van der Waals surface area contributed by atoms with Gasteiger partial charge in [0, 0.05) is 25.2 Å². The van der Waals surface area contributed by atoms with Gasteiger partial charge in [0.2, 0.25) is 5.91 Å². The Hall–Kier alpha value is -3.04. The van der Waals surface area contributed by atoms with Gasteiger partial charge in [-0.3, -0.25) is 14.4 Å². The number of anilines is 2. The number of alkyl halides is 3. The summed E-state index contributed by atoms with van der Waals surface area (Å²) in [5.74, 6) is -0.175. The molecule has 0 aliphatic carbocycles. The van der Waals surface area contributed by atoms with Crippen molar-refractivity contribution in [3.63, 3.8) is 0 Å². The van der Waals surface area contributed by atoms with Gasteiger partial charge in [0.05, 0.1) is 29.7 Å². The Morgan fingerprint density at radius 2 is 1.93 bits per heavy atom. The van der Waals surface area contributed by atoms with Crippen LogP contribution < -0.4 is 9.80 Å². The quantitative estimate of drug-likeness (QED) is 0.740. The average molecular weight is 424 g/mol. The van der Waals surface area contributed by atoms with E-state index in [1.54, 1.807) is 36.9 Å². The lowest BCUT2D eigenvalue weighted by Crippen LogP contribution is -2.51. The van der Waals surface area contributed by atoms with Crippen LogP contribution in [0.2, 0.25) is 0 Å². The third-order valence-corrected chi connectivity index (χ3v) is 4.62. The predicted octanol–water partition coefficient (Wildman–Crippen LogP) is 4.22. The number of benzene rings is 1. The number of aromatic nitrogens is 2. The SMILES string of the molecule is CC(=O)N1c2ccc(-c3cnn(CC(F)(F)F)c3)cc2N(C(=O)OC(C)C)CC1C. The predicted molar refractivity (Wildman–Crippen MR) is 105 cm³/mol. The van der Waals surface area contributed by atoms with Crippen LogP contribution in [0, 0.1) is 0 Å². The number of hydrogen-bond donors (Lipinski definition) is 0. The molecule has 0 saturated carbocycles. The van der Waals surface area contributed by atoms with Crippen LogP contribution in [0.3, 0.4) is 0 Å². The molecular formula is C20H23F3N4O3. The van der Waals surface area contributed by atoms with E-state index in [0.29, 0.717) is 22.5 Å². The summed E-state index contributed by atoms with van der Waals surface area (Å²) in [7, 11) is 0. The first-order valence-corrected chi connectivity index (χ1v) is 9.48. The summed E-state index contributed by atoms with van der Waals surface area (Å²) in [4.78, 5) is 27.9.